The number of ether oxygens (including phenoxy) is 5. The van der Waals surface area contributed by atoms with Crippen LogP contribution in [0.25, 0.3) is 0 Å². The lowest BCUT2D eigenvalue weighted by Crippen LogP contribution is -2.01. The van der Waals surface area contributed by atoms with Crippen molar-refractivity contribution in [3.05, 3.63) is 5.02 Å². The van der Waals surface area contributed by atoms with Crippen molar-refractivity contribution >= 4 is 11.6 Å². The summed E-state index contributed by atoms with van der Waals surface area (Å²) in [6.45, 7) is 0. The standard InChI is InChI=1S/C11H15ClO5/c1-13-7-6(12)8(14-2)10(16-4)11(17-5)9(7)15-3/h1-5H3. The average Bonchev–Trinajstić information content (AvgIpc) is 2.36. The molecule has 0 radical (unpaired) electrons. The number of hydrogen-bond acceptors (Lipinski definition) is 5. The quantitative estimate of drug-likeness (QED) is 0.815. The van der Waals surface area contributed by atoms with Crippen LogP contribution in [-0.4, -0.2) is 35.5 Å². The van der Waals surface area contributed by atoms with Gasteiger partial charge in [-0.05, 0) is 0 Å². The van der Waals surface area contributed by atoms with Gasteiger partial charge in [0, 0.05) is 0 Å². The molecule has 0 saturated heterocycles. The molecule has 0 saturated carbocycles. The second-order valence-corrected chi connectivity index (χ2v) is 3.36. The van der Waals surface area contributed by atoms with E-state index in [1.807, 2.05) is 0 Å². The van der Waals surface area contributed by atoms with Gasteiger partial charge in [0.2, 0.25) is 17.2 Å². The normalized spacial score (nSPS) is 9.76. The first kappa shape index (κ1) is 13.6. The molecule has 0 aliphatic heterocycles. The van der Waals surface area contributed by atoms with Crippen LogP contribution in [0.15, 0.2) is 0 Å². The Morgan fingerprint density at radius 3 is 1.00 bits per heavy atom. The molecule has 5 nitrogen and oxygen atoms in total. The highest BCUT2D eigenvalue weighted by Gasteiger charge is 2.27. The topological polar surface area (TPSA) is 46.2 Å². The summed E-state index contributed by atoms with van der Waals surface area (Å²) in [6, 6.07) is 0. The summed E-state index contributed by atoms with van der Waals surface area (Å²) in [7, 11) is 7.43. The predicted molar refractivity (Wildman–Crippen MR) is 64.2 cm³/mol. The molecule has 96 valence electrons. The van der Waals surface area contributed by atoms with Gasteiger partial charge in [-0.1, -0.05) is 11.6 Å². The lowest BCUT2D eigenvalue weighted by Gasteiger charge is -2.19. The molecule has 6 heteroatoms. The van der Waals surface area contributed by atoms with Crippen LogP contribution in [0.3, 0.4) is 0 Å². The molecular formula is C11H15ClO5. The Hall–Kier alpha value is -1.49. The molecule has 0 heterocycles. The van der Waals surface area contributed by atoms with Gasteiger partial charge < -0.3 is 23.7 Å². The van der Waals surface area contributed by atoms with E-state index >= 15 is 0 Å². The largest absolute Gasteiger partial charge is 0.491 e. The molecule has 0 spiro atoms. The van der Waals surface area contributed by atoms with E-state index in [2.05, 4.69) is 0 Å². The summed E-state index contributed by atoms with van der Waals surface area (Å²) >= 11 is 6.14. The molecule has 0 amide bonds. The van der Waals surface area contributed by atoms with Crippen molar-refractivity contribution in [1.82, 2.24) is 0 Å². The maximum atomic E-state index is 6.14. The van der Waals surface area contributed by atoms with E-state index in [1.54, 1.807) is 0 Å². The Morgan fingerprint density at radius 1 is 0.529 bits per heavy atom. The number of methoxy groups -OCH3 is 5. The van der Waals surface area contributed by atoms with Crippen molar-refractivity contribution in [2.24, 2.45) is 0 Å². The zero-order chi connectivity index (χ0) is 13.0. The minimum Gasteiger partial charge on any atom is -0.491 e. The van der Waals surface area contributed by atoms with Gasteiger partial charge in [-0.25, -0.2) is 0 Å². The molecule has 0 aliphatic rings. The van der Waals surface area contributed by atoms with Crippen LogP contribution in [0, 0.1) is 0 Å². The lowest BCUT2D eigenvalue weighted by molar-refractivity contribution is 0.291. The molecule has 1 rings (SSSR count). The Kier molecular flexibility index (Phi) is 4.57. The van der Waals surface area contributed by atoms with Gasteiger partial charge in [0.25, 0.3) is 0 Å². The van der Waals surface area contributed by atoms with E-state index in [4.69, 9.17) is 35.3 Å². The molecule has 0 aromatic heterocycles. The number of halogens is 1. The van der Waals surface area contributed by atoms with Gasteiger partial charge in [0.05, 0.1) is 35.5 Å². The molecule has 1 aromatic rings. The molecule has 0 bridgehead atoms. The van der Waals surface area contributed by atoms with Crippen LogP contribution < -0.4 is 23.7 Å². The summed E-state index contributed by atoms with van der Waals surface area (Å²) in [6.07, 6.45) is 0. The van der Waals surface area contributed by atoms with Gasteiger partial charge in [-0.2, -0.15) is 0 Å². The summed E-state index contributed by atoms with van der Waals surface area (Å²) < 4.78 is 26.0. The minimum atomic E-state index is 0.268. The highest BCUT2D eigenvalue weighted by Crippen LogP contribution is 2.55. The van der Waals surface area contributed by atoms with Gasteiger partial charge in [0.15, 0.2) is 11.5 Å². The molecule has 0 atom stereocenters. The smallest absolute Gasteiger partial charge is 0.211 e. The van der Waals surface area contributed by atoms with Crippen molar-refractivity contribution in [1.29, 1.82) is 0 Å². The van der Waals surface area contributed by atoms with E-state index in [0.717, 1.165) is 0 Å². The van der Waals surface area contributed by atoms with Crippen molar-refractivity contribution < 1.29 is 23.7 Å². The minimum absolute atomic E-state index is 0.268. The highest BCUT2D eigenvalue weighted by molar-refractivity contribution is 6.34. The van der Waals surface area contributed by atoms with Crippen LogP contribution in [0.2, 0.25) is 5.02 Å². The van der Waals surface area contributed by atoms with E-state index in [0.29, 0.717) is 28.7 Å². The van der Waals surface area contributed by atoms with Gasteiger partial charge in [-0.3, -0.25) is 0 Å². The summed E-state index contributed by atoms with van der Waals surface area (Å²) in [5.74, 6) is 1.76. The number of benzene rings is 1. The summed E-state index contributed by atoms with van der Waals surface area (Å²) in [5.41, 5.74) is 0. The third kappa shape index (κ3) is 2.15. The maximum absolute atomic E-state index is 6.14. The fourth-order valence-electron chi connectivity index (χ4n) is 1.53. The second kappa shape index (κ2) is 5.72. The number of hydrogen-bond donors (Lipinski definition) is 0. The Labute approximate surface area is 105 Å². The van der Waals surface area contributed by atoms with E-state index < -0.39 is 0 Å². The average molecular weight is 263 g/mol. The van der Waals surface area contributed by atoms with Gasteiger partial charge >= 0.3 is 0 Å². The molecule has 1 aromatic carbocycles. The predicted octanol–water partition coefficient (Wildman–Crippen LogP) is 2.38. The Morgan fingerprint density at radius 2 is 0.765 bits per heavy atom. The zero-order valence-corrected chi connectivity index (χ0v) is 11.2. The summed E-state index contributed by atoms with van der Waals surface area (Å²) in [4.78, 5) is 0. The van der Waals surface area contributed by atoms with E-state index in [9.17, 15) is 0 Å². The van der Waals surface area contributed by atoms with Gasteiger partial charge in [-0.15, -0.1) is 0 Å². The van der Waals surface area contributed by atoms with Crippen LogP contribution in [0.4, 0.5) is 0 Å². The van der Waals surface area contributed by atoms with Crippen molar-refractivity contribution in [3.8, 4) is 28.7 Å². The molecule has 0 N–H and O–H groups in total. The highest BCUT2D eigenvalue weighted by atomic mass is 35.5. The first-order valence-electron chi connectivity index (χ1n) is 4.75. The zero-order valence-electron chi connectivity index (χ0n) is 10.4. The molecule has 0 unspecified atom stereocenters. The Bertz CT molecular complexity index is 372. The van der Waals surface area contributed by atoms with Crippen molar-refractivity contribution in [3.63, 3.8) is 0 Å². The third-order valence-electron chi connectivity index (χ3n) is 2.24. The lowest BCUT2D eigenvalue weighted by atomic mass is 10.2. The van der Waals surface area contributed by atoms with Gasteiger partial charge in [0.1, 0.15) is 5.02 Å². The summed E-state index contributed by atoms with van der Waals surface area (Å²) in [5, 5.41) is 0.268. The van der Waals surface area contributed by atoms with Crippen molar-refractivity contribution in [2.75, 3.05) is 35.5 Å². The van der Waals surface area contributed by atoms with E-state index in [1.165, 1.54) is 35.5 Å². The van der Waals surface area contributed by atoms with Crippen LogP contribution in [-0.2, 0) is 0 Å². The molecule has 0 aliphatic carbocycles. The fraction of sp³-hybridized carbons (Fsp3) is 0.455. The third-order valence-corrected chi connectivity index (χ3v) is 2.59. The Balaban J connectivity index is 3.66. The van der Waals surface area contributed by atoms with E-state index in [-0.39, 0.29) is 5.02 Å². The monoisotopic (exact) mass is 262 g/mol. The molecule has 17 heavy (non-hydrogen) atoms. The first-order chi connectivity index (χ1) is 8.15. The van der Waals surface area contributed by atoms with Crippen LogP contribution in [0.5, 0.6) is 28.7 Å². The van der Waals surface area contributed by atoms with Crippen LogP contribution >= 0.6 is 11.6 Å². The van der Waals surface area contributed by atoms with Crippen molar-refractivity contribution in [2.45, 2.75) is 0 Å². The first-order valence-corrected chi connectivity index (χ1v) is 5.13. The fourth-order valence-corrected chi connectivity index (χ4v) is 1.86. The SMILES string of the molecule is COc1c(Cl)c(OC)c(OC)c(OC)c1OC. The maximum Gasteiger partial charge on any atom is 0.211 e. The van der Waals surface area contributed by atoms with Crippen LogP contribution in [0.1, 0.15) is 0 Å². The molecule has 0 fully saturated rings. The second-order valence-electron chi connectivity index (χ2n) is 2.98. The molecular weight excluding hydrogens is 248 g/mol. The number of rotatable bonds is 5.